The van der Waals surface area contributed by atoms with Crippen molar-refractivity contribution < 1.29 is 23.9 Å². The molecular formula is C29H28N2O5S. The van der Waals surface area contributed by atoms with Crippen LogP contribution < -0.4 is 5.32 Å². The molecule has 1 aliphatic heterocycles. The summed E-state index contributed by atoms with van der Waals surface area (Å²) in [6, 6.07) is 22.4. The van der Waals surface area contributed by atoms with Gasteiger partial charge < -0.3 is 19.7 Å². The molecule has 1 aromatic heterocycles. The molecule has 1 aliphatic rings. The van der Waals surface area contributed by atoms with Gasteiger partial charge in [-0.25, -0.2) is 4.79 Å². The second-order valence-electron chi connectivity index (χ2n) is 9.20. The molecule has 0 saturated carbocycles. The average Bonchev–Trinajstić information content (AvgIpc) is 3.52. The van der Waals surface area contributed by atoms with Gasteiger partial charge in [0.15, 0.2) is 0 Å². The van der Waals surface area contributed by atoms with E-state index in [1.807, 2.05) is 60.7 Å². The third kappa shape index (κ3) is 5.50. The van der Waals surface area contributed by atoms with E-state index in [4.69, 9.17) is 9.47 Å². The zero-order valence-corrected chi connectivity index (χ0v) is 21.3. The molecule has 1 N–H and O–H groups in total. The number of amides is 2. The van der Waals surface area contributed by atoms with Crippen LogP contribution in [0, 0.1) is 5.92 Å². The van der Waals surface area contributed by atoms with Crippen LogP contribution in [0.15, 0.2) is 72.8 Å². The number of likely N-dealkylation sites (tertiary alicyclic amines) is 1. The van der Waals surface area contributed by atoms with Gasteiger partial charge in [0.05, 0.1) is 13.2 Å². The van der Waals surface area contributed by atoms with Gasteiger partial charge >= 0.3 is 5.97 Å². The number of hydrogen-bond donors (Lipinski definition) is 1. The summed E-state index contributed by atoms with van der Waals surface area (Å²) >= 11 is 1.68. The number of hydrogen-bond acceptors (Lipinski definition) is 6. The smallest absolute Gasteiger partial charge is 0.329 e. The Kier molecular flexibility index (Phi) is 7.48. The second-order valence-corrected chi connectivity index (χ2v) is 10.3. The van der Waals surface area contributed by atoms with Gasteiger partial charge in [0, 0.05) is 45.3 Å². The maximum Gasteiger partial charge on any atom is 0.329 e. The van der Waals surface area contributed by atoms with Crippen molar-refractivity contribution in [2.45, 2.75) is 19.1 Å². The topological polar surface area (TPSA) is 84.9 Å². The van der Waals surface area contributed by atoms with Crippen molar-refractivity contribution in [2.24, 2.45) is 5.92 Å². The summed E-state index contributed by atoms with van der Waals surface area (Å²) in [6.45, 7) is 0.751. The van der Waals surface area contributed by atoms with E-state index in [0.29, 0.717) is 25.1 Å². The number of carbonyl (C=O) groups excluding carboxylic acids is 3. The number of rotatable bonds is 8. The third-order valence-electron chi connectivity index (χ3n) is 6.65. The van der Waals surface area contributed by atoms with E-state index in [9.17, 15) is 14.4 Å². The molecule has 5 rings (SSSR count). The van der Waals surface area contributed by atoms with Gasteiger partial charge in [-0.3, -0.25) is 9.59 Å². The van der Waals surface area contributed by atoms with Crippen LogP contribution >= 0.6 is 11.3 Å². The van der Waals surface area contributed by atoms with Crippen molar-refractivity contribution in [3.05, 3.63) is 83.9 Å². The summed E-state index contributed by atoms with van der Waals surface area (Å²) in [4.78, 5) is 40.5. The minimum absolute atomic E-state index is 0.0215. The van der Waals surface area contributed by atoms with E-state index in [0.717, 1.165) is 25.7 Å². The fourth-order valence-electron chi connectivity index (χ4n) is 4.83. The lowest BCUT2D eigenvalue weighted by Gasteiger charge is -2.23. The highest BCUT2D eigenvalue weighted by atomic mass is 32.1. The highest BCUT2D eigenvalue weighted by Crippen LogP contribution is 2.34. The Bertz CT molecular complexity index is 1430. The number of carbonyl (C=O) groups is 3. The number of nitrogens with zero attached hydrogens (tertiary/aromatic N) is 1. The molecule has 2 unspecified atom stereocenters. The van der Waals surface area contributed by atoms with Crippen LogP contribution in [0.4, 0.5) is 0 Å². The molecule has 0 aliphatic carbocycles. The maximum absolute atomic E-state index is 13.1. The van der Waals surface area contributed by atoms with Crippen molar-refractivity contribution in [3.8, 4) is 0 Å². The molecule has 0 spiro atoms. The molecule has 2 heterocycles. The number of esters is 1. The summed E-state index contributed by atoms with van der Waals surface area (Å²) in [5.41, 5.74) is 1.36. The Labute approximate surface area is 219 Å². The Morgan fingerprint density at radius 2 is 1.73 bits per heavy atom. The molecular weight excluding hydrogens is 488 g/mol. The highest BCUT2D eigenvalue weighted by Gasteiger charge is 2.40. The van der Waals surface area contributed by atoms with Crippen LogP contribution in [0.1, 0.15) is 22.3 Å². The Morgan fingerprint density at radius 3 is 2.54 bits per heavy atom. The minimum atomic E-state index is -0.707. The van der Waals surface area contributed by atoms with Gasteiger partial charge in [0.2, 0.25) is 5.91 Å². The van der Waals surface area contributed by atoms with E-state index in [1.54, 1.807) is 24.5 Å². The quantitative estimate of drug-likeness (QED) is 0.351. The fraction of sp³-hybridized carbons (Fsp3) is 0.276. The first kappa shape index (κ1) is 24.9. The number of nitrogens with one attached hydrogen (secondary N) is 1. The molecule has 37 heavy (non-hydrogen) atoms. The number of benzene rings is 3. The molecule has 1 fully saturated rings. The van der Waals surface area contributed by atoms with E-state index in [2.05, 4.69) is 11.4 Å². The molecule has 4 aromatic rings. The van der Waals surface area contributed by atoms with Gasteiger partial charge in [-0.05, 0) is 36.2 Å². The largest absolute Gasteiger partial charge is 0.459 e. The first-order chi connectivity index (χ1) is 18.0. The van der Waals surface area contributed by atoms with Crippen molar-refractivity contribution in [1.29, 1.82) is 0 Å². The first-order valence-corrected chi connectivity index (χ1v) is 13.0. The molecule has 2 amide bonds. The van der Waals surface area contributed by atoms with Crippen LogP contribution in [-0.2, 0) is 25.7 Å². The molecule has 3 aromatic carbocycles. The number of fused-ring (bicyclic) bond motifs is 3. The summed E-state index contributed by atoms with van der Waals surface area (Å²) < 4.78 is 13.1. The normalized spacial score (nSPS) is 17.3. The third-order valence-corrected chi connectivity index (χ3v) is 7.80. The maximum atomic E-state index is 13.1. The molecule has 190 valence electrons. The summed E-state index contributed by atoms with van der Waals surface area (Å²) in [5, 5.41) is 4.85. The summed E-state index contributed by atoms with van der Waals surface area (Å²) in [6.07, 6.45) is 0.461. The summed E-state index contributed by atoms with van der Waals surface area (Å²) in [5.74, 6) is -1.08. The zero-order chi connectivity index (χ0) is 25.8. The van der Waals surface area contributed by atoms with E-state index in [1.165, 1.54) is 4.90 Å². The highest BCUT2D eigenvalue weighted by molar-refractivity contribution is 7.25. The van der Waals surface area contributed by atoms with E-state index < -0.39 is 12.0 Å². The number of ether oxygens (including phenoxy) is 2. The lowest BCUT2D eigenvalue weighted by Crippen LogP contribution is -2.46. The minimum Gasteiger partial charge on any atom is -0.459 e. The monoisotopic (exact) mass is 516 g/mol. The molecule has 0 radical (unpaired) electrons. The second kappa shape index (κ2) is 11.1. The first-order valence-electron chi connectivity index (χ1n) is 12.2. The number of thiophene rings is 1. The predicted molar refractivity (Wildman–Crippen MR) is 143 cm³/mol. The fourth-order valence-corrected chi connectivity index (χ4v) is 5.92. The van der Waals surface area contributed by atoms with Crippen molar-refractivity contribution in [2.75, 3.05) is 26.8 Å². The average molecular weight is 517 g/mol. The van der Waals surface area contributed by atoms with Gasteiger partial charge in [0.25, 0.3) is 5.91 Å². The molecule has 8 heteroatoms. The van der Waals surface area contributed by atoms with Crippen molar-refractivity contribution in [3.63, 3.8) is 0 Å². The predicted octanol–water partition coefficient (Wildman–Crippen LogP) is 4.39. The van der Waals surface area contributed by atoms with Crippen LogP contribution in [0.3, 0.4) is 0 Å². The summed E-state index contributed by atoms with van der Waals surface area (Å²) in [7, 11) is 1.60. The number of methoxy groups -OCH3 is 1. The van der Waals surface area contributed by atoms with Gasteiger partial charge in [-0.1, -0.05) is 48.5 Å². The Hall–Kier alpha value is -3.75. The Morgan fingerprint density at radius 1 is 0.973 bits per heavy atom. The van der Waals surface area contributed by atoms with Crippen LogP contribution in [0.5, 0.6) is 0 Å². The Balaban J connectivity index is 1.24. The lowest BCUT2D eigenvalue weighted by molar-refractivity contribution is -0.154. The zero-order valence-electron chi connectivity index (χ0n) is 20.5. The lowest BCUT2D eigenvalue weighted by atomic mass is 10.1. The van der Waals surface area contributed by atoms with Gasteiger partial charge in [-0.2, -0.15) is 0 Å². The van der Waals surface area contributed by atoms with Gasteiger partial charge in [-0.15, -0.1) is 11.3 Å². The molecule has 7 nitrogen and oxygen atoms in total. The SMILES string of the molecule is COCC1CC(C(=O)OCc2ccccc2)N(C(=O)CNC(=O)c2ccc3sc4ccccc4c3c2)C1. The van der Waals surface area contributed by atoms with Crippen LogP contribution in [-0.4, -0.2) is 55.5 Å². The molecule has 1 saturated heterocycles. The standard InChI is InChI=1S/C29H28N2O5S/c1-35-17-20-13-24(29(34)36-18-19-7-3-2-4-8-19)31(16-20)27(32)15-30-28(33)21-11-12-26-23(14-21)22-9-5-6-10-25(22)37-26/h2-12,14,20,24H,13,15-18H2,1H3,(H,30,33). The van der Waals surface area contributed by atoms with Gasteiger partial charge in [0.1, 0.15) is 12.6 Å². The van der Waals surface area contributed by atoms with Crippen LogP contribution in [0.25, 0.3) is 20.2 Å². The van der Waals surface area contributed by atoms with Crippen molar-refractivity contribution in [1.82, 2.24) is 10.2 Å². The van der Waals surface area contributed by atoms with E-state index in [-0.39, 0.29) is 30.9 Å². The molecule has 0 bridgehead atoms. The van der Waals surface area contributed by atoms with Crippen molar-refractivity contribution >= 4 is 49.3 Å². The van der Waals surface area contributed by atoms with Crippen LogP contribution in [0.2, 0.25) is 0 Å². The van der Waals surface area contributed by atoms with E-state index >= 15 is 0 Å². The molecule has 2 atom stereocenters.